The molecule has 0 aliphatic carbocycles. The minimum Gasteiger partial charge on any atom is -0.208 e. The lowest BCUT2D eigenvalue weighted by Gasteiger charge is -2.23. The van der Waals surface area contributed by atoms with Gasteiger partial charge in [0.15, 0.2) is 17.5 Å². The van der Waals surface area contributed by atoms with Crippen LogP contribution in [0.2, 0.25) is 0 Å². The zero-order valence-corrected chi connectivity index (χ0v) is 23.3. The Morgan fingerprint density at radius 2 is 0.778 bits per heavy atom. The van der Waals surface area contributed by atoms with Gasteiger partial charge in [-0.1, -0.05) is 134 Å². The summed E-state index contributed by atoms with van der Waals surface area (Å²) in [6, 6.07) is 27.5. The Morgan fingerprint density at radius 1 is 0.472 bits per heavy atom. The summed E-state index contributed by atoms with van der Waals surface area (Å²) in [6.45, 7) is 17.6. The first kappa shape index (κ1) is 27.3. The van der Waals surface area contributed by atoms with Gasteiger partial charge in [0.2, 0.25) is 0 Å². The van der Waals surface area contributed by atoms with Gasteiger partial charge in [0, 0.05) is 16.7 Å². The summed E-state index contributed by atoms with van der Waals surface area (Å²) in [5, 5.41) is 0. The SMILES string of the molecule is CC.CCC(C)(C)c1ccc(-c2nc(-c3ccccc3)nc(-c3ccc(C(C)(C)CC)cc3)n2)cc1. The molecule has 188 valence electrons. The van der Waals surface area contributed by atoms with Crippen molar-refractivity contribution in [2.24, 2.45) is 0 Å². The maximum Gasteiger partial charge on any atom is 0.164 e. The van der Waals surface area contributed by atoms with Crippen LogP contribution in [-0.2, 0) is 10.8 Å². The van der Waals surface area contributed by atoms with Crippen molar-refractivity contribution in [3.8, 4) is 34.2 Å². The maximum absolute atomic E-state index is 4.90. The average Bonchev–Trinajstić information content (AvgIpc) is 2.94. The van der Waals surface area contributed by atoms with Crippen LogP contribution in [0.3, 0.4) is 0 Å². The molecule has 0 saturated carbocycles. The molecule has 0 amide bonds. The molecule has 0 bridgehead atoms. The van der Waals surface area contributed by atoms with E-state index in [0.29, 0.717) is 17.5 Å². The predicted octanol–water partition coefficient (Wildman–Crippen LogP) is 9.27. The first-order chi connectivity index (χ1) is 17.2. The normalized spacial score (nSPS) is 11.6. The largest absolute Gasteiger partial charge is 0.208 e. The van der Waals surface area contributed by atoms with Crippen LogP contribution in [-0.4, -0.2) is 15.0 Å². The number of hydrogen-bond donors (Lipinski definition) is 0. The lowest BCUT2D eigenvalue weighted by molar-refractivity contribution is 0.506. The van der Waals surface area contributed by atoms with E-state index in [2.05, 4.69) is 90.1 Å². The second kappa shape index (κ2) is 11.6. The fourth-order valence-corrected chi connectivity index (χ4v) is 3.90. The van der Waals surface area contributed by atoms with Gasteiger partial charge in [0.05, 0.1) is 0 Å². The summed E-state index contributed by atoms with van der Waals surface area (Å²) in [7, 11) is 0. The van der Waals surface area contributed by atoms with Crippen molar-refractivity contribution >= 4 is 0 Å². The second-order valence-electron chi connectivity index (χ2n) is 10.3. The van der Waals surface area contributed by atoms with Crippen molar-refractivity contribution in [3.05, 3.63) is 90.0 Å². The molecule has 1 heterocycles. The molecular formula is C33H41N3. The molecule has 3 aromatic carbocycles. The first-order valence-corrected chi connectivity index (χ1v) is 13.3. The van der Waals surface area contributed by atoms with E-state index in [0.717, 1.165) is 29.5 Å². The summed E-state index contributed by atoms with van der Waals surface area (Å²) in [5.74, 6) is 2.09. The van der Waals surface area contributed by atoms with Gasteiger partial charge in [0.25, 0.3) is 0 Å². The lowest BCUT2D eigenvalue weighted by atomic mass is 9.82. The van der Waals surface area contributed by atoms with E-state index in [1.54, 1.807) is 0 Å². The third kappa shape index (κ3) is 6.07. The summed E-state index contributed by atoms with van der Waals surface area (Å²) >= 11 is 0. The molecule has 0 radical (unpaired) electrons. The van der Waals surface area contributed by atoms with Crippen LogP contribution in [0.25, 0.3) is 34.2 Å². The molecule has 0 N–H and O–H groups in total. The van der Waals surface area contributed by atoms with E-state index in [9.17, 15) is 0 Å². The van der Waals surface area contributed by atoms with Crippen LogP contribution >= 0.6 is 0 Å². The molecule has 0 aliphatic rings. The Labute approximate surface area is 218 Å². The Balaban J connectivity index is 0.00000176. The van der Waals surface area contributed by atoms with Crippen molar-refractivity contribution in [2.75, 3.05) is 0 Å². The number of hydrogen-bond acceptors (Lipinski definition) is 3. The van der Waals surface area contributed by atoms with Crippen molar-refractivity contribution in [3.63, 3.8) is 0 Å². The van der Waals surface area contributed by atoms with Crippen LogP contribution in [0.1, 0.15) is 79.4 Å². The fourth-order valence-electron chi connectivity index (χ4n) is 3.90. The second-order valence-corrected chi connectivity index (χ2v) is 10.3. The van der Waals surface area contributed by atoms with E-state index in [-0.39, 0.29) is 10.8 Å². The zero-order chi connectivity index (χ0) is 26.3. The third-order valence-corrected chi connectivity index (χ3v) is 7.28. The van der Waals surface area contributed by atoms with Gasteiger partial charge in [-0.25, -0.2) is 15.0 Å². The Hall–Kier alpha value is -3.33. The molecule has 4 aromatic rings. The van der Waals surface area contributed by atoms with E-state index in [1.165, 1.54) is 11.1 Å². The fraction of sp³-hybridized carbons (Fsp3) is 0.364. The summed E-state index contributed by atoms with van der Waals surface area (Å²) in [5.41, 5.74) is 5.93. The minimum absolute atomic E-state index is 0.145. The average molecular weight is 480 g/mol. The van der Waals surface area contributed by atoms with E-state index in [1.807, 2.05) is 44.2 Å². The molecule has 0 saturated heterocycles. The highest BCUT2D eigenvalue weighted by Gasteiger charge is 2.20. The molecule has 0 spiro atoms. The van der Waals surface area contributed by atoms with E-state index < -0.39 is 0 Å². The predicted molar refractivity (Wildman–Crippen MR) is 154 cm³/mol. The summed E-state index contributed by atoms with van der Waals surface area (Å²) in [6.07, 6.45) is 2.18. The molecule has 3 nitrogen and oxygen atoms in total. The van der Waals surface area contributed by atoms with Crippen LogP contribution in [0.15, 0.2) is 78.9 Å². The molecule has 3 heteroatoms. The van der Waals surface area contributed by atoms with Crippen molar-refractivity contribution in [2.45, 2.75) is 79.1 Å². The van der Waals surface area contributed by atoms with Crippen LogP contribution in [0, 0.1) is 0 Å². The molecule has 0 unspecified atom stereocenters. The zero-order valence-electron chi connectivity index (χ0n) is 23.3. The topological polar surface area (TPSA) is 38.7 Å². The lowest BCUT2D eigenvalue weighted by Crippen LogP contribution is -2.15. The molecule has 0 atom stereocenters. The molecular weight excluding hydrogens is 438 g/mol. The monoisotopic (exact) mass is 479 g/mol. The molecule has 0 aliphatic heterocycles. The van der Waals surface area contributed by atoms with Crippen molar-refractivity contribution < 1.29 is 0 Å². The smallest absolute Gasteiger partial charge is 0.164 e. The van der Waals surface area contributed by atoms with Gasteiger partial charge < -0.3 is 0 Å². The number of rotatable bonds is 7. The van der Waals surface area contributed by atoms with Gasteiger partial charge in [-0.3, -0.25) is 0 Å². The molecule has 0 fully saturated rings. The van der Waals surface area contributed by atoms with Gasteiger partial charge in [-0.15, -0.1) is 0 Å². The highest BCUT2D eigenvalue weighted by molar-refractivity contribution is 5.66. The van der Waals surface area contributed by atoms with E-state index >= 15 is 0 Å². The molecule has 36 heavy (non-hydrogen) atoms. The van der Waals surface area contributed by atoms with Crippen molar-refractivity contribution in [1.82, 2.24) is 15.0 Å². The summed E-state index contributed by atoms with van der Waals surface area (Å²) < 4.78 is 0. The Morgan fingerprint density at radius 3 is 1.08 bits per heavy atom. The van der Waals surface area contributed by atoms with Gasteiger partial charge in [0.1, 0.15) is 0 Å². The van der Waals surface area contributed by atoms with Crippen molar-refractivity contribution in [1.29, 1.82) is 0 Å². The van der Waals surface area contributed by atoms with Gasteiger partial charge in [-0.05, 0) is 34.8 Å². The Bertz CT molecular complexity index is 1160. The first-order valence-electron chi connectivity index (χ1n) is 13.3. The standard InChI is InChI=1S/C31H35N3.C2H6/c1-7-30(3,4)25-18-14-23(15-19-25)28-32-27(22-12-10-9-11-13-22)33-29(34-28)24-16-20-26(21-17-24)31(5,6)8-2;1-2/h9-21H,7-8H2,1-6H3;1-2H3. The van der Waals surface area contributed by atoms with Crippen LogP contribution in [0.4, 0.5) is 0 Å². The summed E-state index contributed by atoms with van der Waals surface area (Å²) in [4.78, 5) is 14.6. The highest BCUT2D eigenvalue weighted by atomic mass is 15.0. The Kier molecular flexibility index (Phi) is 8.79. The minimum atomic E-state index is 0.145. The van der Waals surface area contributed by atoms with Crippen LogP contribution in [0.5, 0.6) is 0 Å². The van der Waals surface area contributed by atoms with Gasteiger partial charge in [-0.2, -0.15) is 0 Å². The van der Waals surface area contributed by atoms with Gasteiger partial charge >= 0.3 is 0 Å². The van der Waals surface area contributed by atoms with Crippen LogP contribution < -0.4 is 0 Å². The molecule has 1 aromatic heterocycles. The quantitative estimate of drug-likeness (QED) is 0.265. The number of benzene rings is 3. The number of aromatic nitrogens is 3. The number of nitrogens with zero attached hydrogens (tertiary/aromatic N) is 3. The maximum atomic E-state index is 4.90. The van der Waals surface area contributed by atoms with E-state index in [4.69, 9.17) is 15.0 Å². The highest BCUT2D eigenvalue weighted by Crippen LogP contribution is 2.31. The third-order valence-electron chi connectivity index (χ3n) is 7.28. The molecule has 4 rings (SSSR count).